The third-order valence-corrected chi connectivity index (χ3v) is 7.25. The number of likely N-dealkylation sites (tertiary alicyclic amines) is 1. The quantitative estimate of drug-likeness (QED) is 0.421. The summed E-state index contributed by atoms with van der Waals surface area (Å²) in [6.07, 6.45) is -11.6. The smallest absolute Gasteiger partial charge is 0.444 e. The first-order valence-electron chi connectivity index (χ1n) is 11.9. The van der Waals surface area contributed by atoms with Crippen molar-refractivity contribution in [1.29, 1.82) is 0 Å². The van der Waals surface area contributed by atoms with Crippen LogP contribution in [0.5, 0.6) is 5.75 Å². The van der Waals surface area contributed by atoms with Gasteiger partial charge in [0.05, 0.1) is 11.3 Å². The minimum atomic E-state index is -5.04. The number of halogens is 6. The molecule has 0 aliphatic carbocycles. The largest absolute Gasteiger partial charge is 0.573 e. The first-order valence-corrected chi connectivity index (χ1v) is 13.4. The summed E-state index contributed by atoms with van der Waals surface area (Å²) in [6.45, 7) is 5.46. The van der Waals surface area contributed by atoms with Gasteiger partial charge in [0.1, 0.15) is 11.4 Å². The number of sulfonamides is 1. The second-order valence-corrected chi connectivity index (χ2v) is 11.7. The van der Waals surface area contributed by atoms with Crippen LogP contribution in [0.4, 0.5) is 31.1 Å². The van der Waals surface area contributed by atoms with Crippen LogP contribution in [0, 0.1) is 0 Å². The summed E-state index contributed by atoms with van der Waals surface area (Å²) in [4.78, 5) is 13.0. The highest BCUT2D eigenvalue weighted by Gasteiger charge is 2.35. The Morgan fingerprint density at radius 2 is 1.62 bits per heavy atom. The molecule has 2 aromatic carbocycles. The van der Waals surface area contributed by atoms with Crippen LogP contribution < -0.4 is 9.46 Å². The van der Waals surface area contributed by atoms with Crippen molar-refractivity contribution in [2.45, 2.75) is 69.1 Å². The van der Waals surface area contributed by atoms with Crippen LogP contribution in [-0.4, -0.2) is 56.7 Å². The molecule has 0 spiro atoms. The second kappa shape index (κ2) is 11.2. The van der Waals surface area contributed by atoms with Gasteiger partial charge in [0.2, 0.25) is 10.0 Å². The minimum absolute atomic E-state index is 0.0845. The zero-order chi connectivity index (χ0) is 29.2. The lowest BCUT2D eigenvalue weighted by Crippen LogP contribution is -2.47. The van der Waals surface area contributed by atoms with E-state index in [1.54, 1.807) is 20.8 Å². The van der Waals surface area contributed by atoms with Gasteiger partial charge in [0, 0.05) is 24.7 Å². The van der Waals surface area contributed by atoms with Crippen LogP contribution in [0.15, 0.2) is 47.4 Å². The van der Waals surface area contributed by atoms with Crippen LogP contribution in [0.2, 0.25) is 0 Å². The van der Waals surface area contributed by atoms with Crippen LogP contribution in [-0.2, 0) is 21.2 Å². The Balaban J connectivity index is 1.86. The molecule has 0 aromatic heterocycles. The topological polar surface area (TPSA) is 84.9 Å². The Bertz CT molecular complexity index is 1280. The summed E-state index contributed by atoms with van der Waals surface area (Å²) in [5, 5.41) is 0. The number of nitrogens with one attached hydrogen (secondary N) is 1. The van der Waals surface area contributed by atoms with Gasteiger partial charge in [-0.3, -0.25) is 0 Å². The average Bonchev–Trinajstić information content (AvgIpc) is 2.76. The summed E-state index contributed by atoms with van der Waals surface area (Å²) >= 11 is 0. The van der Waals surface area contributed by atoms with Crippen molar-refractivity contribution in [2.75, 3.05) is 13.1 Å². The van der Waals surface area contributed by atoms with Gasteiger partial charge in [-0.05, 0) is 62.9 Å². The number of benzene rings is 2. The summed E-state index contributed by atoms with van der Waals surface area (Å²) in [6, 6.07) is 7.15. The van der Waals surface area contributed by atoms with Crippen molar-refractivity contribution in [3.05, 3.63) is 48.0 Å². The van der Waals surface area contributed by atoms with Gasteiger partial charge < -0.3 is 14.4 Å². The number of amides is 1. The molecule has 7 nitrogen and oxygen atoms in total. The molecule has 0 unspecified atom stereocenters. The molecule has 1 aliphatic rings. The summed E-state index contributed by atoms with van der Waals surface area (Å²) in [5.41, 5.74) is -1.60. The molecule has 1 fully saturated rings. The fourth-order valence-electron chi connectivity index (χ4n) is 4.07. The maximum absolute atomic E-state index is 13.4. The molecule has 39 heavy (non-hydrogen) atoms. The lowest BCUT2D eigenvalue weighted by Gasteiger charge is -2.33. The number of carbonyl (C=O) groups is 1. The molecule has 0 radical (unpaired) electrons. The first-order chi connectivity index (χ1) is 17.8. The van der Waals surface area contributed by atoms with Crippen molar-refractivity contribution >= 4 is 16.1 Å². The number of hydrogen-bond donors (Lipinski definition) is 1. The molecule has 0 saturated carbocycles. The second-order valence-electron chi connectivity index (χ2n) is 10.0. The molecule has 1 N–H and O–H groups in total. The predicted octanol–water partition coefficient (Wildman–Crippen LogP) is 6.03. The van der Waals surface area contributed by atoms with Gasteiger partial charge >= 0.3 is 18.6 Å². The Kier molecular flexibility index (Phi) is 8.80. The highest BCUT2D eigenvalue weighted by atomic mass is 32.2. The number of carbonyl (C=O) groups excluding carboxylic acids is 1. The Morgan fingerprint density at radius 1 is 1.00 bits per heavy atom. The molecule has 14 heteroatoms. The van der Waals surface area contributed by atoms with Gasteiger partial charge in [-0.1, -0.05) is 24.3 Å². The average molecular weight is 583 g/mol. The SMILES string of the molecule is CC(C)(C)OC(=O)N1CCC(NS(=O)(=O)c2ccc(-c3ccccc3OC(F)(F)F)cc2CC(F)(F)F)CC1. The van der Waals surface area contributed by atoms with E-state index in [1.807, 2.05) is 0 Å². The predicted molar refractivity (Wildman–Crippen MR) is 129 cm³/mol. The van der Waals surface area contributed by atoms with Gasteiger partial charge in [-0.2, -0.15) is 13.2 Å². The molecule has 3 rings (SSSR count). The van der Waals surface area contributed by atoms with E-state index in [9.17, 15) is 39.6 Å². The highest BCUT2D eigenvalue weighted by molar-refractivity contribution is 7.89. The zero-order valence-corrected chi connectivity index (χ0v) is 22.1. The van der Waals surface area contributed by atoms with E-state index in [1.165, 1.54) is 23.1 Å². The van der Waals surface area contributed by atoms with Crippen LogP contribution >= 0.6 is 0 Å². The van der Waals surface area contributed by atoms with Crippen LogP contribution in [0.3, 0.4) is 0 Å². The molecule has 2 aromatic rings. The van der Waals surface area contributed by atoms with E-state index in [0.29, 0.717) is 0 Å². The van der Waals surface area contributed by atoms with Gasteiger partial charge in [0.25, 0.3) is 0 Å². The molecule has 0 atom stereocenters. The van der Waals surface area contributed by atoms with E-state index >= 15 is 0 Å². The molecular formula is C25H28F6N2O5S. The normalized spacial score (nSPS) is 15.8. The molecule has 216 valence electrons. The number of rotatable bonds is 6. The number of para-hydroxylation sites is 1. The van der Waals surface area contributed by atoms with E-state index in [0.717, 1.165) is 24.3 Å². The Hall–Kier alpha value is -3.00. The molecule has 0 bridgehead atoms. The minimum Gasteiger partial charge on any atom is -0.444 e. The van der Waals surface area contributed by atoms with Crippen molar-refractivity contribution in [3.63, 3.8) is 0 Å². The van der Waals surface area contributed by atoms with E-state index in [-0.39, 0.29) is 37.1 Å². The fraction of sp³-hybridized carbons (Fsp3) is 0.480. The monoisotopic (exact) mass is 582 g/mol. The summed E-state index contributed by atoms with van der Waals surface area (Å²) in [7, 11) is -4.46. The molecular weight excluding hydrogens is 554 g/mol. The summed E-state index contributed by atoms with van der Waals surface area (Å²) < 4.78 is 117. The van der Waals surface area contributed by atoms with E-state index < -0.39 is 62.9 Å². The number of nitrogens with zero attached hydrogens (tertiary/aromatic N) is 1. The third-order valence-electron chi connectivity index (χ3n) is 5.63. The van der Waals surface area contributed by atoms with Crippen LogP contribution in [0.25, 0.3) is 11.1 Å². The van der Waals surface area contributed by atoms with Crippen LogP contribution in [0.1, 0.15) is 39.2 Å². The molecule has 1 heterocycles. The number of alkyl halides is 6. The number of hydrogen-bond acceptors (Lipinski definition) is 5. The fourth-order valence-corrected chi connectivity index (χ4v) is 5.60. The van der Waals surface area contributed by atoms with Crippen molar-refractivity contribution in [1.82, 2.24) is 9.62 Å². The maximum atomic E-state index is 13.4. The Morgan fingerprint density at radius 3 is 2.18 bits per heavy atom. The number of ether oxygens (including phenoxy) is 2. The number of piperidine rings is 1. The van der Waals surface area contributed by atoms with E-state index in [2.05, 4.69) is 9.46 Å². The van der Waals surface area contributed by atoms with Gasteiger partial charge in [-0.25, -0.2) is 17.9 Å². The zero-order valence-electron chi connectivity index (χ0n) is 21.3. The Labute approximate surface area is 222 Å². The molecule has 1 aliphatic heterocycles. The van der Waals surface area contributed by atoms with Crippen molar-refractivity contribution in [3.8, 4) is 16.9 Å². The van der Waals surface area contributed by atoms with Gasteiger partial charge in [0.15, 0.2) is 0 Å². The lowest BCUT2D eigenvalue weighted by atomic mass is 10.0. The van der Waals surface area contributed by atoms with Crippen molar-refractivity contribution < 1.29 is 49.0 Å². The first kappa shape index (κ1) is 30.5. The molecule has 1 amide bonds. The molecule has 1 saturated heterocycles. The summed E-state index contributed by atoms with van der Waals surface area (Å²) in [5.74, 6) is -0.645. The third kappa shape index (κ3) is 9.02. The van der Waals surface area contributed by atoms with E-state index in [4.69, 9.17) is 4.74 Å². The maximum Gasteiger partial charge on any atom is 0.573 e. The van der Waals surface area contributed by atoms with Crippen molar-refractivity contribution in [2.24, 2.45) is 0 Å². The standard InChI is InChI=1S/C25H28F6N2O5S/c1-23(2,3)38-22(34)33-12-10-18(11-13-33)32-39(35,36)21-9-8-16(14-17(21)15-24(26,27)28)19-6-4-5-7-20(19)37-25(29,30)31/h4-9,14,18,32H,10-13,15H2,1-3H3. The van der Waals surface area contributed by atoms with Gasteiger partial charge in [-0.15, -0.1) is 13.2 Å². The highest BCUT2D eigenvalue weighted by Crippen LogP contribution is 2.36. The lowest BCUT2D eigenvalue weighted by molar-refractivity contribution is -0.274.